The maximum atomic E-state index is 8.62. The molecule has 0 fully saturated rings. The van der Waals surface area contributed by atoms with Gasteiger partial charge in [-0.2, -0.15) is 0 Å². The van der Waals surface area contributed by atoms with E-state index >= 15 is 0 Å². The standard InChI is InChI=1S/C13H16BrN3O2/c14-9-1-2-12-10(7-9)13(11(15)8-17-12)16-3-5-19-6-4-18/h1-2,7-8,18H,3-6,15H2,(H,16,17). The molecule has 19 heavy (non-hydrogen) atoms. The minimum absolute atomic E-state index is 0.0350. The van der Waals surface area contributed by atoms with E-state index in [4.69, 9.17) is 15.6 Å². The molecule has 0 aliphatic carbocycles. The van der Waals surface area contributed by atoms with Crippen molar-refractivity contribution in [1.82, 2.24) is 4.98 Å². The number of aromatic nitrogens is 1. The first-order valence-electron chi connectivity index (χ1n) is 5.98. The molecule has 2 aromatic rings. The van der Waals surface area contributed by atoms with Gasteiger partial charge in [-0.1, -0.05) is 15.9 Å². The molecule has 0 amide bonds. The second-order valence-corrected chi connectivity index (χ2v) is 4.93. The molecule has 0 radical (unpaired) electrons. The van der Waals surface area contributed by atoms with Crippen LogP contribution < -0.4 is 11.1 Å². The third-order valence-electron chi connectivity index (χ3n) is 2.64. The number of rotatable bonds is 6. The Balaban J connectivity index is 2.16. The first-order valence-corrected chi connectivity index (χ1v) is 6.78. The van der Waals surface area contributed by atoms with E-state index in [1.54, 1.807) is 6.20 Å². The number of nitrogens with two attached hydrogens (primary N) is 1. The lowest BCUT2D eigenvalue weighted by Crippen LogP contribution is -2.12. The summed E-state index contributed by atoms with van der Waals surface area (Å²) in [6, 6.07) is 5.86. The number of nitrogens with one attached hydrogen (secondary N) is 1. The Morgan fingerprint density at radius 3 is 3.00 bits per heavy atom. The summed E-state index contributed by atoms with van der Waals surface area (Å²) in [5.74, 6) is 0. The highest BCUT2D eigenvalue weighted by atomic mass is 79.9. The molecule has 6 heteroatoms. The summed E-state index contributed by atoms with van der Waals surface area (Å²) in [5.41, 5.74) is 8.31. The lowest BCUT2D eigenvalue weighted by atomic mass is 10.1. The summed E-state index contributed by atoms with van der Waals surface area (Å²) in [7, 11) is 0. The number of aliphatic hydroxyl groups excluding tert-OH is 1. The maximum Gasteiger partial charge on any atom is 0.0743 e. The molecule has 0 spiro atoms. The van der Waals surface area contributed by atoms with Crippen molar-refractivity contribution in [2.24, 2.45) is 0 Å². The van der Waals surface area contributed by atoms with Crippen LogP contribution in [0.1, 0.15) is 0 Å². The van der Waals surface area contributed by atoms with Crippen molar-refractivity contribution in [1.29, 1.82) is 0 Å². The zero-order valence-electron chi connectivity index (χ0n) is 10.4. The molecule has 0 bridgehead atoms. The fourth-order valence-corrected chi connectivity index (χ4v) is 2.15. The highest BCUT2D eigenvalue weighted by Gasteiger charge is 2.06. The van der Waals surface area contributed by atoms with Crippen molar-refractivity contribution in [3.63, 3.8) is 0 Å². The zero-order chi connectivity index (χ0) is 13.7. The van der Waals surface area contributed by atoms with Gasteiger partial charge in [-0.25, -0.2) is 0 Å². The molecular formula is C13H16BrN3O2. The fourth-order valence-electron chi connectivity index (χ4n) is 1.79. The summed E-state index contributed by atoms with van der Waals surface area (Å²) >= 11 is 3.44. The van der Waals surface area contributed by atoms with E-state index in [-0.39, 0.29) is 6.61 Å². The normalized spacial score (nSPS) is 10.8. The van der Waals surface area contributed by atoms with Gasteiger partial charge in [-0.15, -0.1) is 0 Å². The summed E-state index contributed by atoms with van der Waals surface area (Å²) in [4.78, 5) is 4.29. The van der Waals surface area contributed by atoms with Crippen LogP contribution in [0.15, 0.2) is 28.9 Å². The summed E-state index contributed by atoms with van der Waals surface area (Å²) in [6.45, 7) is 1.51. The molecule has 0 aliphatic rings. The van der Waals surface area contributed by atoms with Crippen LogP contribution in [0.2, 0.25) is 0 Å². The molecule has 4 N–H and O–H groups in total. The SMILES string of the molecule is Nc1cnc2ccc(Br)cc2c1NCCOCCO. The molecular weight excluding hydrogens is 310 g/mol. The Bertz CT molecular complexity index is 558. The number of nitrogen functional groups attached to an aromatic ring is 1. The number of nitrogens with zero attached hydrogens (tertiary/aromatic N) is 1. The Kier molecular flexibility index (Phi) is 4.95. The van der Waals surface area contributed by atoms with Gasteiger partial charge in [-0.3, -0.25) is 4.98 Å². The van der Waals surface area contributed by atoms with Crippen LogP contribution in [-0.4, -0.2) is 36.5 Å². The second kappa shape index (κ2) is 6.70. The molecule has 102 valence electrons. The lowest BCUT2D eigenvalue weighted by molar-refractivity contribution is 0.0992. The van der Waals surface area contributed by atoms with Crippen LogP contribution in [0.3, 0.4) is 0 Å². The lowest BCUT2D eigenvalue weighted by Gasteiger charge is -2.12. The number of hydrogen-bond donors (Lipinski definition) is 3. The molecule has 1 aromatic heterocycles. The van der Waals surface area contributed by atoms with Crippen molar-refractivity contribution in [2.75, 3.05) is 37.4 Å². The van der Waals surface area contributed by atoms with Gasteiger partial charge in [0.2, 0.25) is 0 Å². The summed E-state index contributed by atoms with van der Waals surface area (Å²) in [5, 5.41) is 12.8. The van der Waals surface area contributed by atoms with Crippen molar-refractivity contribution >= 4 is 38.2 Å². The van der Waals surface area contributed by atoms with E-state index < -0.39 is 0 Å². The van der Waals surface area contributed by atoms with Gasteiger partial charge in [0.05, 0.1) is 42.9 Å². The number of anilines is 2. The first-order chi connectivity index (χ1) is 9.22. The average Bonchev–Trinajstić information content (AvgIpc) is 2.40. The maximum absolute atomic E-state index is 8.62. The van der Waals surface area contributed by atoms with Crippen molar-refractivity contribution in [3.8, 4) is 0 Å². The molecule has 0 saturated heterocycles. The third kappa shape index (κ3) is 3.56. The topological polar surface area (TPSA) is 80.4 Å². The van der Waals surface area contributed by atoms with Gasteiger partial charge in [0.1, 0.15) is 0 Å². The molecule has 2 rings (SSSR count). The zero-order valence-corrected chi connectivity index (χ0v) is 12.0. The number of hydrogen-bond acceptors (Lipinski definition) is 5. The van der Waals surface area contributed by atoms with Crippen molar-refractivity contribution < 1.29 is 9.84 Å². The number of fused-ring (bicyclic) bond motifs is 1. The minimum atomic E-state index is 0.0350. The van der Waals surface area contributed by atoms with Crippen LogP contribution in [0.5, 0.6) is 0 Å². The molecule has 0 aliphatic heterocycles. The largest absolute Gasteiger partial charge is 0.396 e. The predicted octanol–water partition coefficient (Wildman–Crippen LogP) is 2.00. The number of pyridine rings is 1. The van der Waals surface area contributed by atoms with E-state index in [0.29, 0.717) is 25.4 Å². The molecule has 1 heterocycles. The minimum Gasteiger partial charge on any atom is -0.396 e. The Morgan fingerprint density at radius 2 is 2.21 bits per heavy atom. The Morgan fingerprint density at radius 1 is 1.37 bits per heavy atom. The predicted molar refractivity (Wildman–Crippen MR) is 80.2 cm³/mol. The Labute approximate surface area is 119 Å². The molecule has 0 atom stereocenters. The fraction of sp³-hybridized carbons (Fsp3) is 0.308. The van der Waals surface area contributed by atoms with Crippen LogP contribution >= 0.6 is 15.9 Å². The molecule has 0 unspecified atom stereocenters. The number of halogens is 1. The second-order valence-electron chi connectivity index (χ2n) is 4.01. The first kappa shape index (κ1) is 14.0. The van der Waals surface area contributed by atoms with Gasteiger partial charge >= 0.3 is 0 Å². The van der Waals surface area contributed by atoms with E-state index in [9.17, 15) is 0 Å². The van der Waals surface area contributed by atoms with E-state index in [1.165, 1.54) is 0 Å². The van der Waals surface area contributed by atoms with Crippen LogP contribution in [0, 0.1) is 0 Å². The van der Waals surface area contributed by atoms with E-state index in [0.717, 1.165) is 21.1 Å². The number of ether oxygens (including phenoxy) is 1. The quantitative estimate of drug-likeness (QED) is 0.708. The van der Waals surface area contributed by atoms with Gasteiger partial charge < -0.3 is 20.9 Å². The molecule has 1 aromatic carbocycles. The van der Waals surface area contributed by atoms with Gasteiger partial charge in [0, 0.05) is 16.4 Å². The van der Waals surface area contributed by atoms with Crippen LogP contribution in [0.25, 0.3) is 10.9 Å². The van der Waals surface area contributed by atoms with E-state index in [1.807, 2.05) is 18.2 Å². The van der Waals surface area contributed by atoms with Crippen molar-refractivity contribution in [3.05, 3.63) is 28.9 Å². The third-order valence-corrected chi connectivity index (χ3v) is 3.14. The van der Waals surface area contributed by atoms with Gasteiger partial charge in [0.25, 0.3) is 0 Å². The van der Waals surface area contributed by atoms with Crippen LogP contribution in [-0.2, 0) is 4.74 Å². The highest BCUT2D eigenvalue weighted by Crippen LogP contribution is 2.29. The molecule has 0 saturated carbocycles. The van der Waals surface area contributed by atoms with Gasteiger partial charge in [-0.05, 0) is 18.2 Å². The van der Waals surface area contributed by atoms with Gasteiger partial charge in [0.15, 0.2) is 0 Å². The smallest absolute Gasteiger partial charge is 0.0743 e. The summed E-state index contributed by atoms with van der Waals surface area (Å²) < 4.78 is 6.18. The molecule has 5 nitrogen and oxygen atoms in total. The summed E-state index contributed by atoms with van der Waals surface area (Å²) in [6.07, 6.45) is 1.65. The number of benzene rings is 1. The highest BCUT2D eigenvalue weighted by molar-refractivity contribution is 9.10. The monoisotopic (exact) mass is 325 g/mol. The van der Waals surface area contributed by atoms with Crippen LogP contribution in [0.4, 0.5) is 11.4 Å². The Hall–Kier alpha value is -1.37. The van der Waals surface area contributed by atoms with E-state index in [2.05, 4.69) is 26.2 Å². The van der Waals surface area contributed by atoms with Crippen molar-refractivity contribution in [2.45, 2.75) is 0 Å². The number of aliphatic hydroxyl groups is 1. The average molecular weight is 326 g/mol.